The van der Waals surface area contributed by atoms with E-state index < -0.39 is 5.79 Å². The second-order valence-corrected chi connectivity index (χ2v) is 9.09. The Morgan fingerprint density at radius 2 is 2.04 bits per heavy atom. The van der Waals surface area contributed by atoms with E-state index in [2.05, 4.69) is 14.9 Å². The van der Waals surface area contributed by atoms with Gasteiger partial charge in [-0.2, -0.15) is 0 Å². The molecule has 2 aromatic heterocycles. The van der Waals surface area contributed by atoms with Crippen molar-refractivity contribution in [2.24, 2.45) is 11.8 Å². The number of hydrogen-bond donors (Lipinski definition) is 1. The predicted molar refractivity (Wildman–Crippen MR) is 98.3 cm³/mol. The Balaban J connectivity index is 1.41. The van der Waals surface area contributed by atoms with Crippen molar-refractivity contribution < 1.29 is 9.47 Å². The van der Waals surface area contributed by atoms with Crippen LogP contribution in [0.15, 0.2) is 12.4 Å². The summed E-state index contributed by atoms with van der Waals surface area (Å²) >= 11 is 6.36. The van der Waals surface area contributed by atoms with E-state index in [4.69, 9.17) is 26.1 Å². The second-order valence-electron chi connectivity index (χ2n) is 8.71. The third-order valence-corrected chi connectivity index (χ3v) is 6.73. The highest BCUT2D eigenvalue weighted by Gasteiger charge is 2.66. The van der Waals surface area contributed by atoms with Crippen LogP contribution in [0.25, 0.3) is 11.2 Å². The number of imidazole rings is 1. The maximum absolute atomic E-state index is 6.36. The molecule has 4 fully saturated rings. The van der Waals surface area contributed by atoms with Crippen LogP contribution in [-0.2, 0) is 9.47 Å². The maximum atomic E-state index is 6.36. The fraction of sp³-hybridized carbons (Fsp3) is 0.684. The summed E-state index contributed by atoms with van der Waals surface area (Å²) in [5, 5.41) is 4.10. The van der Waals surface area contributed by atoms with E-state index in [-0.39, 0.29) is 18.2 Å². The molecule has 2 aromatic rings. The third-order valence-electron chi connectivity index (χ3n) is 6.54. The lowest BCUT2D eigenvalue weighted by molar-refractivity contribution is -0.156. The number of aromatic nitrogens is 3. The minimum atomic E-state index is -0.514. The van der Waals surface area contributed by atoms with Gasteiger partial charge in [-0.3, -0.25) is 0 Å². The van der Waals surface area contributed by atoms with Gasteiger partial charge in [0, 0.05) is 12.1 Å². The average Bonchev–Trinajstić information content (AvgIpc) is 2.97. The average molecular weight is 375 g/mol. The Morgan fingerprint density at radius 3 is 2.81 bits per heavy atom. The van der Waals surface area contributed by atoms with Gasteiger partial charge < -0.3 is 19.4 Å². The van der Waals surface area contributed by atoms with Crippen LogP contribution in [0.3, 0.4) is 0 Å². The van der Waals surface area contributed by atoms with E-state index in [9.17, 15) is 0 Å². The van der Waals surface area contributed by atoms with Gasteiger partial charge in [-0.1, -0.05) is 11.6 Å². The molecule has 6 rings (SSSR count). The first kappa shape index (κ1) is 15.7. The summed E-state index contributed by atoms with van der Waals surface area (Å²) in [6.07, 6.45) is 7.06. The number of halogens is 1. The zero-order chi connectivity index (χ0) is 17.6. The van der Waals surface area contributed by atoms with Crippen LogP contribution in [-0.4, -0.2) is 38.6 Å². The Hall–Kier alpha value is -1.37. The number of nitrogens with one attached hydrogen (secondary N) is 1. The lowest BCUT2D eigenvalue weighted by atomic mass is 9.93. The second kappa shape index (κ2) is 5.12. The molecule has 0 amide bonds. The number of anilines is 1. The van der Waals surface area contributed by atoms with Gasteiger partial charge in [-0.05, 0) is 51.4 Å². The summed E-state index contributed by atoms with van der Waals surface area (Å²) in [5.41, 5.74) is 2.75. The zero-order valence-electron chi connectivity index (χ0n) is 15.0. The summed E-state index contributed by atoms with van der Waals surface area (Å²) < 4.78 is 14.6. The Bertz CT molecular complexity index is 893. The molecule has 7 heteroatoms. The summed E-state index contributed by atoms with van der Waals surface area (Å²) in [4.78, 5) is 9.33. The van der Waals surface area contributed by atoms with Crippen molar-refractivity contribution in [3.63, 3.8) is 0 Å². The lowest BCUT2D eigenvalue weighted by Gasteiger charge is -2.27. The highest BCUT2D eigenvalue weighted by molar-refractivity contribution is 6.30. The molecule has 6 nitrogen and oxygen atoms in total. The van der Waals surface area contributed by atoms with Crippen molar-refractivity contribution in [1.82, 2.24) is 14.5 Å². The Labute approximate surface area is 157 Å². The Kier molecular flexibility index (Phi) is 3.08. The van der Waals surface area contributed by atoms with Crippen LogP contribution < -0.4 is 5.32 Å². The molecular weight excluding hydrogens is 352 g/mol. The first-order chi connectivity index (χ1) is 12.5. The molecule has 138 valence electrons. The van der Waals surface area contributed by atoms with E-state index in [0.717, 1.165) is 16.9 Å². The van der Waals surface area contributed by atoms with Crippen molar-refractivity contribution >= 4 is 28.5 Å². The van der Waals surface area contributed by atoms with Crippen LogP contribution in [0.5, 0.6) is 0 Å². The highest BCUT2D eigenvalue weighted by Crippen LogP contribution is 2.63. The number of hydrogen-bond acceptors (Lipinski definition) is 5. The molecule has 1 saturated heterocycles. The lowest BCUT2D eigenvalue weighted by Crippen LogP contribution is -2.30. The molecule has 0 aromatic carbocycles. The fourth-order valence-corrected chi connectivity index (χ4v) is 5.29. The molecule has 4 aliphatic rings. The van der Waals surface area contributed by atoms with Crippen molar-refractivity contribution in [2.45, 2.75) is 69.6 Å². The van der Waals surface area contributed by atoms with Gasteiger partial charge in [0.2, 0.25) is 0 Å². The van der Waals surface area contributed by atoms with Gasteiger partial charge >= 0.3 is 0 Å². The maximum Gasteiger partial charge on any atom is 0.164 e. The van der Waals surface area contributed by atoms with Crippen molar-refractivity contribution in [2.75, 3.05) is 5.32 Å². The molecule has 3 aliphatic carbocycles. The SMILES string of the molecule is CC1(C)O[C@@H]2[C@@H]3C[C@@H]3[C@@H](n3cnc4c(NC5CCC5)cc(Cl)nc43)[C@@H]2O1. The van der Waals surface area contributed by atoms with Crippen LogP contribution in [0, 0.1) is 11.8 Å². The quantitative estimate of drug-likeness (QED) is 0.829. The first-order valence-electron chi connectivity index (χ1n) is 9.65. The molecule has 0 unspecified atom stereocenters. The standard InChI is InChI=1S/C19H23ClN4O2/c1-19(2)25-16-11-6-10(11)15(17(16)26-19)24-8-21-14-12(22-9-4-3-5-9)7-13(20)23-18(14)24/h7-11,15-17H,3-6H2,1-2H3,(H,22,23)/t10-,11+,15+,16+,17-/m0/s1. The van der Waals surface area contributed by atoms with Crippen molar-refractivity contribution in [1.29, 1.82) is 0 Å². The summed E-state index contributed by atoms with van der Waals surface area (Å²) in [6, 6.07) is 2.65. The van der Waals surface area contributed by atoms with E-state index >= 15 is 0 Å². The van der Waals surface area contributed by atoms with E-state index in [1.807, 2.05) is 26.2 Å². The van der Waals surface area contributed by atoms with Gasteiger partial charge in [-0.25, -0.2) is 9.97 Å². The van der Waals surface area contributed by atoms with Crippen LogP contribution in [0.4, 0.5) is 5.69 Å². The summed E-state index contributed by atoms with van der Waals surface area (Å²) in [7, 11) is 0. The largest absolute Gasteiger partial charge is 0.380 e. The number of fused-ring (bicyclic) bond motifs is 4. The topological polar surface area (TPSA) is 61.2 Å². The van der Waals surface area contributed by atoms with Crippen LogP contribution in [0.1, 0.15) is 45.6 Å². The number of pyridine rings is 1. The molecule has 1 N–H and O–H groups in total. The number of ether oxygens (including phenoxy) is 2. The van der Waals surface area contributed by atoms with Crippen molar-refractivity contribution in [3.05, 3.63) is 17.5 Å². The summed E-state index contributed by atoms with van der Waals surface area (Å²) in [5.74, 6) is 0.665. The van der Waals surface area contributed by atoms with Gasteiger partial charge in [0.1, 0.15) is 16.8 Å². The van der Waals surface area contributed by atoms with Gasteiger partial charge in [0.25, 0.3) is 0 Å². The number of rotatable bonds is 3. The molecule has 0 radical (unpaired) electrons. The van der Waals surface area contributed by atoms with Crippen molar-refractivity contribution in [3.8, 4) is 0 Å². The van der Waals surface area contributed by atoms with Gasteiger partial charge in [-0.15, -0.1) is 0 Å². The van der Waals surface area contributed by atoms with Gasteiger partial charge in [0.05, 0.1) is 24.2 Å². The smallest absolute Gasteiger partial charge is 0.164 e. The molecule has 5 atom stereocenters. The number of nitrogens with zero attached hydrogens (tertiary/aromatic N) is 3. The molecule has 3 saturated carbocycles. The molecule has 0 bridgehead atoms. The molecule has 3 heterocycles. The van der Waals surface area contributed by atoms with E-state index in [1.54, 1.807) is 0 Å². The van der Waals surface area contributed by atoms with Crippen LogP contribution >= 0.6 is 11.6 Å². The van der Waals surface area contributed by atoms with E-state index in [1.165, 1.54) is 25.7 Å². The molecule has 26 heavy (non-hydrogen) atoms. The normalized spacial score (nSPS) is 37.4. The highest BCUT2D eigenvalue weighted by atomic mass is 35.5. The zero-order valence-corrected chi connectivity index (χ0v) is 15.7. The minimum Gasteiger partial charge on any atom is -0.380 e. The summed E-state index contributed by atoms with van der Waals surface area (Å²) in [6.45, 7) is 4.00. The fourth-order valence-electron chi connectivity index (χ4n) is 5.10. The van der Waals surface area contributed by atoms with Crippen LogP contribution in [0.2, 0.25) is 5.15 Å². The minimum absolute atomic E-state index is 0.0648. The molecular formula is C19H23ClN4O2. The van der Waals surface area contributed by atoms with E-state index in [0.29, 0.717) is 23.0 Å². The predicted octanol–water partition coefficient (Wildman–Crippen LogP) is 3.76. The van der Waals surface area contributed by atoms with Gasteiger partial charge in [0.15, 0.2) is 11.4 Å². The monoisotopic (exact) mass is 374 g/mol. The first-order valence-corrected chi connectivity index (χ1v) is 10.0. The molecule has 0 spiro atoms. The molecule has 1 aliphatic heterocycles. The Morgan fingerprint density at radius 1 is 1.23 bits per heavy atom. The third kappa shape index (κ3) is 2.18.